The van der Waals surface area contributed by atoms with Crippen LogP contribution in [-0.2, 0) is 12.8 Å². The zero-order valence-electron chi connectivity index (χ0n) is 22.6. The van der Waals surface area contributed by atoms with E-state index in [9.17, 15) is 4.79 Å². The molecule has 0 unspecified atom stereocenters. The molecule has 38 heavy (non-hydrogen) atoms. The van der Waals surface area contributed by atoms with Gasteiger partial charge in [0.2, 0.25) is 0 Å². The zero-order chi connectivity index (χ0) is 27.1. The van der Waals surface area contributed by atoms with Gasteiger partial charge < -0.3 is 23.8 Å². The summed E-state index contributed by atoms with van der Waals surface area (Å²) >= 11 is 6.10. The number of hydrogen-bond acceptors (Lipinski definition) is 5. The Labute approximate surface area is 230 Å². The second-order valence-corrected chi connectivity index (χ2v) is 9.42. The van der Waals surface area contributed by atoms with Gasteiger partial charge in [-0.05, 0) is 106 Å². The number of carbonyl (C=O) groups is 1. The Morgan fingerprint density at radius 3 is 2.00 bits per heavy atom. The van der Waals surface area contributed by atoms with Crippen molar-refractivity contribution in [2.24, 2.45) is 0 Å². The number of carbonyl (C=O) groups excluding carboxylic acids is 1. The van der Waals surface area contributed by atoms with Crippen molar-refractivity contribution in [3.05, 3.63) is 81.9 Å². The van der Waals surface area contributed by atoms with E-state index in [0.717, 1.165) is 34.6 Å². The predicted molar refractivity (Wildman–Crippen MR) is 150 cm³/mol. The van der Waals surface area contributed by atoms with Gasteiger partial charge in [0.05, 0.1) is 32.5 Å². The van der Waals surface area contributed by atoms with Crippen molar-refractivity contribution in [1.82, 2.24) is 4.90 Å². The molecule has 6 nitrogen and oxygen atoms in total. The maximum absolute atomic E-state index is 13.8. The molecule has 0 aliphatic carbocycles. The minimum atomic E-state index is -0.204. The number of ether oxygens (including phenoxy) is 4. The van der Waals surface area contributed by atoms with Crippen LogP contribution in [0.1, 0.15) is 60.8 Å². The van der Waals surface area contributed by atoms with Gasteiger partial charge in [0, 0.05) is 17.1 Å². The van der Waals surface area contributed by atoms with Crippen LogP contribution in [0.2, 0.25) is 5.02 Å². The van der Waals surface area contributed by atoms with Crippen LogP contribution in [0.15, 0.2) is 54.6 Å². The van der Waals surface area contributed by atoms with Gasteiger partial charge >= 0.3 is 0 Å². The van der Waals surface area contributed by atoms with Gasteiger partial charge in [0.1, 0.15) is 0 Å². The number of nitrogens with zero attached hydrogens (tertiary/aromatic N) is 1. The fourth-order valence-corrected chi connectivity index (χ4v) is 5.04. The molecule has 202 valence electrons. The highest BCUT2D eigenvalue weighted by Gasteiger charge is 2.33. The summed E-state index contributed by atoms with van der Waals surface area (Å²) in [5, 5.41) is 0.602. The molecular formula is C31H36ClNO5. The highest BCUT2D eigenvalue weighted by molar-refractivity contribution is 6.30. The van der Waals surface area contributed by atoms with Crippen molar-refractivity contribution < 1.29 is 23.7 Å². The summed E-state index contributed by atoms with van der Waals surface area (Å²) < 4.78 is 23.5. The van der Waals surface area contributed by atoms with E-state index in [1.807, 2.05) is 56.9 Å². The van der Waals surface area contributed by atoms with Crippen LogP contribution in [0, 0.1) is 0 Å². The van der Waals surface area contributed by atoms with Gasteiger partial charge in [0.15, 0.2) is 23.0 Å². The molecule has 0 aromatic heterocycles. The van der Waals surface area contributed by atoms with Gasteiger partial charge in [0.25, 0.3) is 5.91 Å². The lowest BCUT2D eigenvalue weighted by molar-refractivity contribution is 0.0659. The molecule has 1 heterocycles. The fraction of sp³-hybridized carbons (Fsp3) is 0.387. The third-order valence-corrected chi connectivity index (χ3v) is 6.80. The largest absolute Gasteiger partial charge is 0.490 e. The number of benzene rings is 3. The molecule has 1 atom stereocenters. The van der Waals surface area contributed by atoms with E-state index in [0.29, 0.717) is 61.5 Å². The second kappa shape index (κ2) is 12.9. The van der Waals surface area contributed by atoms with Crippen LogP contribution < -0.4 is 18.9 Å². The van der Waals surface area contributed by atoms with E-state index in [4.69, 9.17) is 30.5 Å². The molecule has 1 amide bonds. The molecule has 1 aliphatic rings. The van der Waals surface area contributed by atoms with E-state index in [2.05, 4.69) is 6.07 Å². The molecule has 3 aromatic carbocycles. The molecule has 1 aliphatic heterocycles. The fourth-order valence-electron chi connectivity index (χ4n) is 4.91. The molecule has 0 fully saturated rings. The molecular weight excluding hydrogens is 502 g/mol. The maximum atomic E-state index is 13.8. The number of rotatable bonds is 11. The molecule has 0 bridgehead atoms. The van der Waals surface area contributed by atoms with Crippen LogP contribution in [0.5, 0.6) is 23.0 Å². The van der Waals surface area contributed by atoms with Crippen molar-refractivity contribution in [2.75, 3.05) is 33.0 Å². The van der Waals surface area contributed by atoms with E-state index in [-0.39, 0.29) is 11.9 Å². The van der Waals surface area contributed by atoms with Crippen LogP contribution in [0.3, 0.4) is 0 Å². The number of amides is 1. The van der Waals surface area contributed by atoms with Crippen molar-refractivity contribution in [2.45, 2.75) is 46.6 Å². The Morgan fingerprint density at radius 1 is 0.789 bits per heavy atom. The summed E-state index contributed by atoms with van der Waals surface area (Å²) in [6.07, 6.45) is 1.34. The predicted octanol–water partition coefficient (Wildman–Crippen LogP) is 6.92. The molecule has 4 rings (SSSR count). The minimum Gasteiger partial charge on any atom is -0.490 e. The van der Waals surface area contributed by atoms with E-state index < -0.39 is 0 Å². The Balaban J connectivity index is 1.77. The van der Waals surface area contributed by atoms with Gasteiger partial charge in [-0.2, -0.15) is 0 Å². The topological polar surface area (TPSA) is 57.2 Å². The first-order valence-corrected chi connectivity index (χ1v) is 13.7. The monoisotopic (exact) mass is 537 g/mol. The Morgan fingerprint density at radius 2 is 1.37 bits per heavy atom. The quantitative estimate of drug-likeness (QED) is 0.266. The molecule has 0 saturated heterocycles. The molecule has 0 N–H and O–H groups in total. The van der Waals surface area contributed by atoms with Crippen LogP contribution in [0.25, 0.3) is 0 Å². The Kier molecular flexibility index (Phi) is 9.40. The first-order chi connectivity index (χ1) is 18.5. The summed E-state index contributed by atoms with van der Waals surface area (Å²) in [6.45, 7) is 10.6. The average molecular weight is 538 g/mol. The van der Waals surface area contributed by atoms with E-state index in [1.54, 1.807) is 24.3 Å². The standard InChI is InChI=1S/C31H36ClNO5/c1-5-35-27-14-9-21(18-28(27)36-6-2)17-26-25-20-30(38-8-4)29(37-7-3)19-23(25)15-16-33(26)31(34)22-10-12-24(32)13-11-22/h9-14,18-20,26H,5-8,15-17H2,1-4H3/t26-/m1/s1. The van der Waals surface area contributed by atoms with E-state index in [1.165, 1.54) is 0 Å². The van der Waals surface area contributed by atoms with Gasteiger partial charge in [-0.3, -0.25) is 4.79 Å². The summed E-state index contributed by atoms with van der Waals surface area (Å²) in [5.74, 6) is 2.83. The summed E-state index contributed by atoms with van der Waals surface area (Å²) in [4.78, 5) is 15.7. The molecule has 0 radical (unpaired) electrons. The first kappa shape index (κ1) is 27.6. The van der Waals surface area contributed by atoms with Crippen LogP contribution in [-0.4, -0.2) is 43.8 Å². The van der Waals surface area contributed by atoms with Crippen molar-refractivity contribution in [1.29, 1.82) is 0 Å². The number of hydrogen-bond donors (Lipinski definition) is 0. The number of halogens is 1. The Hall–Kier alpha value is -3.38. The number of fused-ring (bicyclic) bond motifs is 1. The highest BCUT2D eigenvalue weighted by atomic mass is 35.5. The third kappa shape index (κ3) is 6.18. The third-order valence-electron chi connectivity index (χ3n) is 6.55. The van der Waals surface area contributed by atoms with E-state index >= 15 is 0 Å². The zero-order valence-corrected chi connectivity index (χ0v) is 23.3. The lowest BCUT2D eigenvalue weighted by Gasteiger charge is -2.38. The van der Waals surface area contributed by atoms with Crippen LogP contribution >= 0.6 is 11.6 Å². The van der Waals surface area contributed by atoms with Gasteiger partial charge in [-0.15, -0.1) is 0 Å². The highest BCUT2D eigenvalue weighted by Crippen LogP contribution is 2.41. The first-order valence-electron chi connectivity index (χ1n) is 13.4. The van der Waals surface area contributed by atoms with Crippen molar-refractivity contribution in [3.63, 3.8) is 0 Å². The van der Waals surface area contributed by atoms with Crippen LogP contribution in [0.4, 0.5) is 0 Å². The SMILES string of the molecule is CCOc1ccc(C[C@@H]2c3cc(OCC)c(OCC)cc3CCN2C(=O)c2ccc(Cl)cc2)cc1OCC. The minimum absolute atomic E-state index is 0.0277. The summed E-state index contributed by atoms with van der Waals surface area (Å²) in [7, 11) is 0. The molecule has 0 saturated carbocycles. The lowest BCUT2D eigenvalue weighted by Crippen LogP contribution is -2.41. The van der Waals surface area contributed by atoms with Gasteiger partial charge in [-0.1, -0.05) is 17.7 Å². The Bertz CT molecular complexity index is 1240. The van der Waals surface area contributed by atoms with Crippen molar-refractivity contribution >= 4 is 17.5 Å². The summed E-state index contributed by atoms with van der Waals surface area (Å²) in [6, 6.07) is 17.0. The second-order valence-electron chi connectivity index (χ2n) is 8.99. The smallest absolute Gasteiger partial charge is 0.254 e. The lowest BCUT2D eigenvalue weighted by atomic mass is 9.87. The molecule has 3 aromatic rings. The normalized spacial score (nSPS) is 14.6. The van der Waals surface area contributed by atoms with Crippen molar-refractivity contribution in [3.8, 4) is 23.0 Å². The summed E-state index contributed by atoms with van der Waals surface area (Å²) in [5.41, 5.74) is 3.89. The average Bonchev–Trinajstić information content (AvgIpc) is 2.91. The molecule has 7 heteroatoms. The maximum Gasteiger partial charge on any atom is 0.254 e. The van der Waals surface area contributed by atoms with Gasteiger partial charge in [-0.25, -0.2) is 0 Å². The molecule has 0 spiro atoms.